The number of nitrogens with one attached hydrogen (secondary N) is 1. The molecule has 3 N–H and O–H groups in total. The fourth-order valence-corrected chi connectivity index (χ4v) is 2.66. The van der Waals surface area contributed by atoms with Gasteiger partial charge in [0, 0.05) is 18.0 Å². The van der Waals surface area contributed by atoms with Crippen molar-refractivity contribution in [1.82, 2.24) is 5.32 Å². The van der Waals surface area contributed by atoms with Crippen LogP contribution in [0.15, 0.2) is 17.5 Å². The SMILES string of the molecule is CCC(CC)C(O)CNCC(O)c1cccs1. The van der Waals surface area contributed by atoms with Gasteiger partial charge in [-0.05, 0) is 17.4 Å². The molecule has 1 aromatic rings. The first-order valence-electron chi connectivity index (χ1n) is 6.29. The second kappa shape index (κ2) is 7.82. The molecule has 0 bridgehead atoms. The van der Waals surface area contributed by atoms with Crippen molar-refractivity contribution >= 4 is 11.3 Å². The van der Waals surface area contributed by atoms with Gasteiger partial charge in [-0.3, -0.25) is 0 Å². The van der Waals surface area contributed by atoms with E-state index in [1.54, 1.807) is 11.3 Å². The highest BCUT2D eigenvalue weighted by molar-refractivity contribution is 7.10. The largest absolute Gasteiger partial charge is 0.392 e. The first-order valence-corrected chi connectivity index (χ1v) is 7.17. The molecule has 2 atom stereocenters. The van der Waals surface area contributed by atoms with Gasteiger partial charge in [0.2, 0.25) is 0 Å². The maximum atomic E-state index is 9.91. The van der Waals surface area contributed by atoms with Crippen molar-refractivity contribution in [1.29, 1.82) is 0 Å². The zero-order valence-electron chi connectivity index (χ0n) is 10.6. The van der Waals surface area contributed by atoms with Crippen LogP contribution >= 0.6 is 11.3 Å². The summed E-state index contributed by atoms with van der Waals surface area (Å²) in [6, 6.07) is 3.86. The lowest BCUT2D eigenvalue weighted by molar-refractivity contribution is 0.0949. The molecule has 0 radical (unpaired) electrons. The molecule has 0 amide bonds. The third-order valence-corrected chi connectivity index (χ3v) is 4.13. The zero-order chi connectivity index (χ0) is 12.7. The monoisotopic (exact) mass is 257 g/mol. The molecule has 0 aliphatic rings. The molecule has 0 aromatic carbocycles. The first-order chi connectivity index (χ1) is 8.19. The summed E-state index contributed by atoms with van der Waals surface area (Å²) >= 11 is 1.55. The summed E-state index contributed by atoms with van der Waals surface area (Å²) in [5, 5.41) is 24.8. The van der Waals surface area contributed by atoms with E-state index in [-0.39, 0.29) is 6.10 Å². The van der Waals surface area contributed by atoms with Crippen LogP contribution in [0.5, 0.6) is 0 Å². The Morgan fingerprint density at radius 3 is 2.47 bits per heavy atom. The van der Waals surface area contributed by atoms with Crippen molar-refractivity contribution in [2.45, 2.75) is 38.9 Å². The minimum atomic E-state index is -0.469. The van der Waals surface area contributed by atoms with E-state index < -0.39 is 6.10 Å². The summed E-state index contributed by atoms with van der Waals surface area (Å²) in [5.74, 6) is 0.349. The molecule has 17 heavy (non-hydrogen) atoms. The van der Waals surface area contributed by atoms with E-state index >= 15 is 0 Å². The van der Waals surface area contributed by atoms with Gasteiger partial charge in [-0.2, -0.15) is 0 Å². The average molecular weight is 257 g/mol. The molecule has 1 aromatic heterocycles. The summed E-state index contributed by atoms with van der Waals surface area (Å²) < 4.78 is 0. The lowest BCUT2D eigenvalue weighted by atomic mass is 9.96. The number of aliphatic hydroxyl groups is 2. The molecule has 98 valence electrons. The van der Waals surface area contributed by atoms with E-state index in [1.165, 1.54) is 0 Å². The highest BCUT2D eigenvalue weighted by Crippen LogP contribution is 2.18. The Bertz CT molecular complexity index is 286. The van der Waals surface area contributed by atoms with E-state index in [1.807, 2.05) is 17.5 Å². The van der Waals surface area contributed by atoms with Crippen LogP contribution < -0.4 is 5.32 Å². The van der Waals surface area contributed by atoms with E-state index in [0.29, 0.717) is 19.0 Å². The maximum absolute atomic E-state index is 9.91. The Labute approximate surface area is 107 Å². The molecular formula is C13H23NO2S. The van der Waals surface area contributed by atoms with Crippen LogP contribution in [-0.2, 0) is 0 Å². The number of hydrogen-bond acceptors (Lipinski definition) is 4. The number of aliphatic hydroxyl groups excluding tert-OH is 2. The van der Waals surface area contributed by atoms with Crippen molar-refractivity contribution in [3.63, 3.8) is 0 Å². The molecule has 1 heterocycles. The van der Waals surface area contributed by atoms with Gasteiger partial charge in [-0.15, -0.1) is 11.3 Å². The molecule has 4 heteroatoms. The topological polar surface area (TPSA) is 52.5 Å². The van der Waals surface area contributed by atoms with E-state index in [2.05, 4.69) is 19.2 Å². The number of thiophene rings is 1. The van der Waals surface area contributed by atoms with Crippen LogP contribution in [0.4, 0.5) is 0 Å². The molecular weight excluding hydrogens is 234 g/mol. The van der Waals surface area contributed by atoms with Gasteiger partial charge >= 0.3 is 0 Å². The molecule has 0 aliphatic carbocycles. The summed E-state index contributed by atoms with van der Waals surface area (Å²) in [5.41, 5.74) is 0. The summed E-state index contributed by atoms with van der Waals surface area (Å²) in [7, 11) is 0. The minimum absolute atomic E-state index is 0.319. The van der Waals surface area contributed by atoms with Crippen molar-refractivity contribution in [2.24, 2.45) is 5.92 Å². The van der Waals surface area contributed by atoms with E-state index in [4.69, 9.17) is 0 Å². The van der Waals surface area contributed by atoms with Gasteiger partial charge in [-0.1, -0.05) is 32.8 Å². The van der Waals surface area contributed by atoms with Gasteiger partial charge in [0.1, 0.15) is 6.10 Å². The van der Waals surface area contributed by atoms with Gasteiger partial charge in [-0.25, -0.2) is 0 Å². The number of rotatable bonds is 8. The lowest BCUT2D eigenvalue weighted by Crippen LogP contribution is -2.34. The Morgan fingerprint density at radius 1 is 1.24 bits per heavy atom. The lowest BCUT2D eigenvalue weighted by Gasteiger charge is -2.21. The van der Waals surface area contributed by atoms with Crippen LogP contribution in [0, 0.1) is 5.92 Å². The fraction of sp³-hybridized carbons (Fsp3) is 0.692. The van der Waals surface area contributed by atoms with E-state index in [0.717, 1.165) is 17.7 Å². The fourth-order valence-electron chi connectivity index (χ4n) is 1.95. The predicted molar refractivity (Wildman–Crippen MR) is 72.2 cm³/mol. The molecule has 1 rings (SSSR count). The Kier molecular flexibility index (Phi) is 6.73. The van der Waals surface area contributed by atoms with Crippen molar-refractivity contribution < 1.29 is 10.2 Å². The summed E-state index contributed by atoms with van der Waals surface area (Å²) in [6.07, 6.45) is 1.20. The summed E-state index contributed by atoms with van der Waals surface area (Å²) in [6.45, 7) is 5.24. The van der Waals surface area contributed by atoms with E-state index in [9.17, 15) is 10.2 Å². The molecule has 3 nitrogen and oxygen atoms in total. The Hall–Kier alpha value is -0.420. The quantitative estimate of drug-likeness (QED) is 0.669. The second-order valence-corrected chi connectivity index (χ2v) is 5.31. The third-order valence-electron chi connectivity index (χ3n) is 3.16. The highest BCUT2D eigenvalue weighted by Gasteiger charge is 2.15. The zero-order valence-corrected chi connectivity index (χ0v) is 11.4. The normalized spacial score (nSPS) is 15.1. The summed E-state index contributed by atoms with van der Waals surface area (Å²) in [4.78, 5) is 0.967. The van der Waals surface area contributed by atoms with Crippen LogP contribution in [0.25, 0.3) is 0 Å². The average Bonchev–Trinajstić information content (AvgIpc) is 2.84. The predicted octanol–water partition coefficient (Wildman–Crippen LogP) is 2.17. The number of hydrogen-bond donors (Lipinski definition) is 3. The van der Waals surface area contributed by atoms with Crippen molar-refractivity contribution in [3.05, 3.63) is 22.4 Å². The van der Waals surface area contributed by atoms with Gasteiger partial charge in [0.15, 0.2) is 0 Å². The molecule has 0 aliphatic heterocycles. The molecule has 0 saturated heterocycles. The van der Waals surface area contributed by atoms with Crippen molar-refractivity contribution in [2.75, 3.05) is 13.1 Å². The van der Waals surface area contributed by atoms with Crippen LogP contribution in [-0.4, -0.2) is 29.4 Å². The highest BCUT2D eigenvalue weighted by atomic mass is 32.1. The van der Waals surface area contributed by atoms with Crippen LogP contribution in [0.2, 0.25) is 0 Å². The van der Waals surface area contributed by atoms with Crippen LogP contribution in [0.3, 0.4) is 0 Å². The molecule has 0 fully saturated rings. The third kappa shape index (κ3) is 4.76. The first kappa shape index (κ1) is 14.6. The van der Waals surface area contributed by atoms with Gasteiger partial charge < -0.3 is 15.5 Å². The smallest absolute Gasteiger partial charge is 0.101 e. The molecule has 2 unspecified atom stereocenters. The molecule has 0 spiro atoms. The van der Waals surface area contributed by atoms with Gasteiger partial charge in [0.25, 0.3) is 0 Å². The minimum Gasteiger partial charge on any atom is -0.392 e. The van der Waals surface area contributed by atoms with Crippen molar-refractivity contribution in [3.8, 4) is 0 Å². The maximum Gasteiger partial charge on any atom is 0.101 e. The second-order valence-electron chi connectivity index (χ2n) is 4.33. The van der Waals surface area contributed by atoms with Gasteiger partial charge in [0.05, 0.1) is 6.10 Å². The standard InChI is InChI=1S/C13H23NO2S/c1-3-10(4-2)11(15)8-14-9-12(16)13-6-5-7-17-13/h5-7,10-12,14-16H,3-4,8-9H2,1-2H3. The molecule has 0 saturated carbocycles. The Balaban J connectivity index is 2.23. The Morgan fingerprint density at radius 2 is 1.94 bits per heavy atom. The van der Waals surface area contributed by atoms with Crippen LogP contribution in [0.1, 0.15) is 37.7 Å².